The molecule has 0 unspecified atom stereocenters. The van der Waals surface area contributed by atoms with Crippen LogP contribution in [0.2, 0.25) is 0 Å². The van der Waals surface area contributed by atoms with E-state index in [2.05, 4.69) is 17.6 Å². The van der Waals surface area contributed by atoms with Crippen LogP contribution in [-0.2, 0) is 4.79 Å². The van der Waals surface area contributed by atoms with Crippen LogP contribution in [-0.4, -0.2) is 37.3 Å². The van der Waals surface area contributed by atoms with Gasteiger partial charge in [0.05, 0.1) is 6.54 Å². The average molecular weight is 230 g/mol. The molecule has 0 aromatic heterocycles. The lowest BCUT2D eigenvalue weighted by atomic mass is 10.2. The molecule has 0 aliphatic carbocycles. The lowest BCUT2D eigenvalue weighted by Gasteiger charge is -2.05. The Hall–Kier alpha value is -0.610. The second-order valence-electron chi connectivity index (χ2n) is 4.02. The quantitative estimate of drug-likeness (QED) is 0.465. The van der Waals surface area contributed by atoms with Crippen molar-refractivity contribution in [1.82, 2.24) is 10.6 Å². The van der Waals surface area contributed by atoms with Gasteiger partial charge in [0.25, 0.3) is 0 Å². The molecule has 0 aliphatic heterocycles. The van der Waals surface area contributed by atoms with Crippen LogP contribution < -0.4 is 10.6 Å². The highest BCUT2D eigenvalue weighted by molar-refractivity contribution is 5.77. The molecule has 96 valence electrons. The normalized spacial score (nSPS) is 10.4. The van der Waals surface area contributed by atoms with Gasteiger partial charge < -0.3 is 15.7 Å². The van der Waals surface area contributed by atoms with E-state index in [0.29, 0.717) is 6.54 Å². The van der Waals surface area contributed by atoms with Crippen LogP contribution in [0.5, 0.6) is 0 Å². The van der Waals surface area contributed by atoms with Crippen LogP contribution in [0.15, 0.2) is 0 Å². The zero-order chi connectivity index (χ0) is 12.1. The van der Waals surface area contributed by atoms with Gasteiger partial charge >= 0.3 is 0 Å². The van der Waals surface area contributed by atoms with Gasteiger partial charge in [-0.2, -0.15) is 0 Å². The van der Waals surface area contributed by atoms with E-state index in [-0.39, 0.29) is 12.5 Å². The number of carbonyl (C=O) groups is 1. The van der Waals surface area contributed by atoms with Gasteiger partial charge in [0, 0.05) is 13.2 Å². The highest BCUT2D eigenvalue weighted by Crippen LogP contribution is 1.97. The summed E-state index contributed by atoms with van der Waals surface area (Å²) < 4.78 is 0. The van der Waals surface area contributed by atoms with Gasteiger partial charge in [0.15, 0.2) is 0 Å². The predicted octanol–water partition coefficient (Wildman–Crippen LogP) is 1.04. The Kier molecular flexibility index (Phi) is 12.0. The number of amides is 1. The third-order valence-corrected chi connectivity index (χ3v) is 2.40. The largest absolute Gasteiger partial charge is 0.396 e. The highest BCUT2D eigenvalue weighted by atomic mass is 16.2. The molecule has 4 nitrogen and oxygen atoms in total. The minimum atomic E-state index is 0.0869. The molecule has 1 amide bonds. The molecule has 0 fully saturated rings. The van der Waals surface area contributed by atoms with Crippen molar-refractivity contribution in [3.05, 3.63) is 0 Å². The van der Waals surface area contributed by atoms with Gasteiger partial charge in [0.2, 0.25) is 5.91 Å². The smallest absolute Gasteiger partial charge is 0.233 e. The number of hydrogen-bond acceptors (Lipinski definition) is 3. The maximum Gasteiger partial charge on any atom is 0.233 e. The summed E-state index contributed by atoms with van der Waals surface area (Å²) in [5, 5.41) is 14.6. The fraction of sp³-hybridized carbons (Fsp3) is 0.917. The second kappa shape index (κ2) is 12.5. The third-order valence-electron chi connectivity index (χ3n) is 2.40. The lowest BCUT2D eigenvalue weighted by molar-refractivity contribution is -0.120. The number of carbonyl (C=O) groups excluding carboxylic acids is 1. The van der Waals surface area contributed by atoms with Crippen molar-refractivity contribution in [3.63, 3.8) is 0 Å². The summed E-state index contributed by atoms with van der Waals surface area (Å²) in [7, 11) is 0. The molecule has 0 saturated heterocycles. The fourth-order valence-electron chi connectivity index (χ4n) is 1.38. The molecule has 0 spiro atoms. The Bertz CT molecular complexity index is 163. The number of rotatable bonds is 11. The molecular weight excluding hydrogens is 204 g/mol. The molecule has 0 rings (SSSR count). The van der Waals surface area contributed by atoms with Crippen molar-refractivity contribution in [3.8, 4) is 0 Å². The Balaban J connectivity index is 3.09. The van der Waals surface area contributed by atoms with Gasteiger partial charge in [-0.1, -0.05) is 26.2 Å². The monoisotopic (exact) mass is 230 g/mol. The predicted molar refractivity (Wildman–Crippen MR) is 66.3 cm³/mol. The van der Waals surface area contributed by atoms with Crippen molar-refractivity contribution < 1.29 is 9.90 Å². The van der Waals surface area contributed by atoms with Gasteiger partial charge in [-0.3, -0.25) is 4.79 Å². The van der Waals surface area contributed by atoms with E-state index in [0.717, 1.165) is 51.6 Å². The Morgan fingerprint density at radius 2 is 1.81 bits per heavy atom. The molecule has 0 aromatic rings. The lowest BCUT2D eigenvalue weighted by Crippen LogP contribution is -2.34. The van der Waals surface area contributed by atoms with E-state index in [1.54, 1.807) is 0 Å². The van der Waals surface area contributed by atoms with Gasteiger partial charge in [-0.05, 0) is 25.8 Å². The average Bonchev–Trinajstić information content (AvgIpc) is 2.28. The van der Waals surface area contributed by atoms with Crippen molar-refractivity contribution in [2.24, 2.45) is 0 Å². The van der Waals surface area contributed by atoms with Crippen LogP contribution >= 0.6 is 0 Å². The van der Waals surface area contributed by atoms with Crippen molar-refractivity contribution in [1.29, 1.82) is 0 Å². The Morgan fingerprint density at radius 3 is 2.50 bits per heavy atom. The van der Waals surface area contributed by atoms with Crippen LogP contribution in [0, 0.1) is 0 Å². The van der Waals surface area contributed by atoms with E-state index >= 15 is 0 Å². The van der Waals surface area contributed by atoms with Crippen LogP contribution in [0.4, 0.5) is 0 Å². The summed E-state index contributed by atoms with van der Waals surface area (Å²) >= 11 is 0. The summed E-state index contributed by atoms with van der Waals surface area (Å²) in [5.74, 6) is 0.0869. The zero-order valence-corrected chi connectivity index (χ0v) is 10.4. The number of unbranched alkanes of at least 4 members (excludes halogenated alkanes) is 4. The number of aliphatic hydroxyl groups excluding tert-OH is 1. The van der Waals surface area contributed by atoms with Crippen LogP contribution in [0.1, 0.15) is 45.4 Å². The second-order valence-corrected chi connectivity index (χ2v) is 4.02. The first-order chi connectivity index (χ1) is 7.81. The molecule has 0 heterocycles. The summed E-state index contributed by atoms with van der Waals surface area (Å²) in [6, 6.07) is 0. The SMILES string of the molecule is CCCCNC(=O)CNCCCCCCO. The van der Waals surface area contributed by atoms with Crippen molar-refractivity contribution >= 4 is 5.91 Å². The summed E-state index contributed by atoms with van der Waals surface area (Å²) in [4.78, 5) is 11.2. The van der Waals surface area contributed by atoms with Crippen molar-refractivity contribution in [2.45, 2.75) is 45.4 Å². The number of hydrogen-bond donors (Lipinski definition) is 3. The Labute approximate surface area is 98.8 Å². The van der Waals surface area contributed by atoms with E-state index in [1.165, 1.54) is 0 Å². The number of aliphatic hydroxyl groups is 1. The molecule has 0 atom stereocenters. The molecule has 3 N–H and O–H groups in total. The van der Waals surface area contributed by atoms with E-state index < -0.39 is 0 Å². The van der Waals surface area contributed by atoms with Crippen molar-refractivity contribution in [2.75, 3.05) is 26.2 Å². The first-order valence-electron chi connectivity index (χ1n) is 6.39. The molecule has 0 aliphatic rings. The zero-order valence-electron chi connectivity index (χ0n) is 10.4. The summed E-state index contributed by atoms with van der Waals surface area (Å²) in [6.07, 6.45) is 6.30. The molecular formula is C12H26N2O2. The Morgan fingerprint density at radius 1 is 1.06 bits per heavy atom. The standard InChI is InChI=1S/C12H26N2O2/c1-2-3-9-14-12(16)11-13-8-6-4-5-7-10-15/h13,15H,2-11H2,1H3,(H,14,16). The first kappa shape index (κ1) is 15.4. The summed E-state index contributed by atoms with van der Waals surface area (Å²) in [6.45, 7) is 4.48. The molecule has 0 saturated carbocycles. The van der Waals surface area contributed by atoms with Gasteiger partial charge in [0.1, 0.15) is 0 Å². The highest BCUT2D eigenvalue weighted by Gasteiger charge is 1.98. The van der Waals surface area contributed by atoms with Gasteiger partial charge in [-0.15, -0.1) is 0 Å². The first-order valence-corrected chi connectivity index (χ1v) is 6.39. The van der Waals surface area contributed by atoms with E-state index in [1.807, 2.05) is 0 Å². The minimum absolute atomic E-state index is 0.0869. The van der Waals surface area contributed by atoms with E-state index in [9.17, 15) is 4.79 Å². The maximum absolute atomic E-state index is 11.2. The topological polar surface area (TPSA) is 61.4 Å². The summed E-state index contributed by atoms with van der Waals surface area (Å²) in [5.41, 5.74) is 0. The maximum atomic E-state index is 11.2. The fourth-order valence-corrected chi connectivity index (χ4v) is 1.38. The minimum Gasteiger partial charge on any atom is -0.396 e. The molecule has 0 bridgehead atoms. The molecule has 0 aromatic carbocycles. The number of nitrogens with one attached hydrogen (secondary N) is 2. The third kappa shape index (κ3) is 11.5. The molecule has 16 heavy (non-hydrogen) atoms. The van der Waals surface area contributed by atoms with Crippen LogP contribution in [0.25, 0.3) is 0 Å². The van der Waals surface area contributed by atoms with Crippen LogP contribution in [0.3, 0.4) is 0 Å². The molecule has 0 radical (unpaired) electrons. The van der Waals surface area contributed by atoms with Gasteiger partial charge in [-0.25, -0.2) is 0 Å². The molecule has 4 heteroatoms. The van der Waals surface area contributed by atoms with E-state index in [4.69, 9.17) is 5.11 Å².